The summed E-state index contributed by atoms with van der Waals surface area (Å²) >= 11 is 5.74. The molecule has 0 unspecified atom stereocenters. The summed E-state index contributed by atoms with van der Waals surface area (Å²) in [5, 5.41) is 8.71. The van der Waals surface area contributed by atoms with Gasteiger partial charge in [0.25, 0.3) is 20.2 Å². The number of hydrogen-bond donors (Lipinski definition) is 4. The van der Waals surface area contributed by atoms with Gasteiger partial charge in [0.15, 0.2) is 0 Å². The summed E-state index contributed by atoms with van der Waals surface area (Å²) in [4.78, 5) is 21.6. The van der Waals surface area contributed by atoms with Crippen molar-refractivity contribution in [1.82, 2.24) is 19.9 Å². The van der Waals surface area contributed by atoms with Crippen molar-refractivity contribution in [3.63, 3.8) is 0 Å². The number of nitrogens with zero attached hydrogens (tertiary/aromatic N) is 4. The van der Waals surface area contributed by atoms with Crippen molar-refractivity contribution in [2.24, 2.45) is 0 Å². The molecule has 6 aromatic carbocycles. The van der Waals surface area contributed by atoms with Crippen molar-refractivity contribution in [1.29, 1.82) is 0 Å². The van der Waals surface area contributed by atoms with E-state index in [0.717, 1.165) is 19.6 Å². The van der Waals surface area contributed by atoms with Crippen molar-refractivity contribution < 1.29 is 56.9 Å². The van der Waals surface area contributed by atoms with E-state index in [1.165, 1.54) is 83.5 Å². The summed E-state index contributed by atoms with van der Waals surface area (Å²) in [6.07, 6.45) is 2.65. The van der Waals surface area contributed by atoms with Crippen molar-refractivity contribution in [3.05, 3.63) is 181 Å². The van der Waals surface area contributed by atoms with Crippen LogP contribution in [0.25, 0.3) is 12.2 Å². The normalized spacial score (nSPS) is 11.5. The first-order valence-electron chi connectivity index (χ1n) is 19.0. The van der Waals surface area contributed by atoms with Crippen molar-refractivity contribution in [2.75, 3.05) is 10.6 Å². The molecule has 0 amide bonds. The molecule has 0 atom stereocenters. The molecule has 2 heterocycles. The number of hydrogen-bond acceptors (Lipinski definition) is 14. The van der Waals surface area contributed by atoms with Gasteiger partial charge in [0.1, 0.15) is 29.9 Å². The fourth-order valence-electron chi connectivity index (χ4n) is 5.95. The zero-order chi connectivity index (χ0) is 44.5. The Morgan fingerprint density at radius 2 is 0.692 bits per heavy atom. The third-order valence-electron chi connectivity index (χ3n) is 8.76. The molecular formula is C46H35N6NaO6S6. The quantitative estimate of drug-likeness (QED) is 0.0311. The summed E-state index contributed by atoms with van der Waals surface area (Å²) < 4.78 is 71.8. The van der Waals surface area contributed by atoms with E-state index in [4.69, 9.17) is 0 Å². The average Bonchev–Trinajstić information content (AvgIpc) is 3.27. The Hall–Kier alpha value is -4.96. The molecule has 0 aliphatic carbocycles. The Bertz CT molecular complexity index is 2850. The SMILES string of the molecule is O=S(=O)(O)c1cc(Nc2nc(Sc3ccccc3)cc(Sc3ccccc3)n2)ccc1C=Cc1ccc(Nc2nc(Sc3ccccc3)cc(Sc3ccccc3)n2)cc1S(=O)(=O)O.[H-].[Na+]. The van der Waals surface area contributed by atoms with Gasteiger partial charge in [-0.1, -0.05) is 144 Å². The van der Waals surface area contributed by atoms with Gasteiger partial charge in [-0.2, -0.15) is 16.8 Å². The molecule has 0 aliphatic rings. The van der Waals surface area contributed by atoms with Crippen LogP contribution in [-0.2, 0) is 20.2 Å². The van der Waals surface area contributed by atoms with Gasteiger partial charge in [-0.25, -0.2) is 19.9 Å². The van der Waals surface area contributed by atoms with Crippen LogP contribution in [-0.4, -0.2) is 45.9 Å². The third kappa shape index (κ3) is 13.8. The second kappa shape index (κ2) is 22.0. The molecular weight excluding hydrogens is 948 g/mol. The molecule has 0 saturated heterocycles. The number of aromatic nitrogens is 4. The number of nitrogens with one attached hydrogen (secondary N) is 2. The first-order chi connectivity index (χ1) is 30.9. The Morgan fingerprint density at radius 1 is 0.415 bits per heavy atom. The van der Waals surface area contributed by atoms with E-state index in [1.54, 1.807) is 12.1 Å². The fourth-order valence-corrected chi connectivity index (χ4v) is 10.9. The molecule has 0 fully saturated rings. The van der Waals surface area contributed by atoms with Gasteiger partial charge in [-0.3, -0.25) is 9.11 Å². The van der Waals surface area contributed by atoms with Crippen molar-refractivity contribution >= 4 is 103 Å². The maximum absolute atomic E-state index is 12.8. The molecule has 2 aromatic heterocycles. The standard InChI is InChI=1S/C46H34N6O6S6.Na.H/c53-63(54,55)39-27-33(47-45-49-41(59-35-13-5-1-6-14-35)29-42(50-45)60-36-15-7-2-8-16-36)25-23-31(39)21-22-32-24-26-34(28-40(32)64(56,57)58)48-46-51-43(61-37-17-9-3-10-18-37)30-44(52-46)62-38-19-11-4-12-20-38;;/h1-30H,(H,47,49,50)(H,48,51,52)(H,53,54,55)(H,56,57,58);;/q;+1;-1. The van der Waals surface area contributed by atoms with Crippen LogP contribution in [0.2, 0.25) is 0 Å². The number of benzene rings is 6. The van der Waals surface area contributed by atoms with Gasteiger partial charge >= 0.3 is 29.6 Å². The Labute approximate surface area is 416 Å². The van der Waals surface area contributed by atoms with Gasteiger partial charge in [0, 0.05) is 43.1 Å². The first-order valence-corrected chi connectivity index (χ1v) is 25.2. The molecule has 0 bridgehead atoms. The minimum atomic E-state index is -4.81. The van der Waals surface area contributed by atoms with E-state index in [1.807, 2.05) is 133 Å². The fraction of sp³-hybridized carbons (Fsp3) is 0. The summed E-state index contributed by atoms with van der Waals surface area (Å²) in [6, 6.07) is 51.0. The van der Waals surface area contributed by atoms with Gasteiger partial charge in [0.05, 0.1) is 0 Å². The molecule has 0 aliphatic heterocycles. The maximum atomic E-state index is 12.8. The molecule has 65 heavy (non-hydrogen) atoms. The minimum Gasteiger partial charge on any atom is -1.00 e. The summed E-state index contributed by atoms with van der Waals surface area (Å²) in [6.45, 7) is 0. The molecule has 0 spiro atoms. The van der Waals surface area contributed by atoms with E-state index >= 15 is 0 Å². The van der Waals surface area contributed by atoms with Crippen LogP contribution in [0, 0.1) is 0 Å². The molecule has 322 valence electrons. The van der Waals surface area contributed by atoms with Gasteiger partial charge in [0.2, 0.25) is 11.9 Å². The smallest absolute Gasteiger partial charge is 1.00 e. The van der Waals surface area contributed by atoms with Crippen LogP contribution in [0.3, 0.4) is 0 Å². The largest absolute Gasteiger partial charge is 1.00 e. The zero-order valence-electron chi connectivity index (χ0n) is 35.1. The molecule has 12 nitrogen and oxygen atoms in total. The summed E-state index contributed by atoms with van der Waals surface area (Å²) in [5.74, 6) is 0.377. The molecule has 8 rings (SSSR count). The summed E-state index contributed by atoms with van der Waals surface area (Å²) in [7, 11) is -9.63. The number of anilines is 4. The van der Waals surface area contributed by atoms with Crippen molar-refractivity contribution in [3.8, 4) is 0 Å². The molecule has 0 radical (unpaired) electrons. The maximum Gasteiger partial charge on any atom is 1.00 e. The second-order valence-corrected chi connectivity index (χ2v) is 20.6. The first kappa shape index (κ1) is 48.0. The average molecular weight is 983 g/mol. The molecule has 4 N–H and O–H groups in total. The second-order valence-electron chi connectivity index (χ2n) is 13.4. The Morgan fingerprint density at radius 3 is 0.954 bits per heavy atom. The van der Waals surface area contributed by atoms with E-state index in [9.17, 15) is 25.9 Å². The van der Waals surface area contributed by atoms with Crippen LogP contribution in [0.5, 0.6) is 0 Å². The van der Waals surface area contributed by atoms with Crippen LogP contribution < -0.4 is 40.2 Å². The predicted molar refractivity (Wildman–Crippen MR) is 255 cm³/mol. The van der Waals surface area contributed by atoms with E-state index in [0.29, 0.717) is 20.1 Å². The van der Waals surface area contributed by atoms with Gasteiger partial charge < -0.3 is 12.1 Å². The van der Waals surface area contributed by atoms with E-state index in [2.05, 4.69) is 30.6 Å². The van der Waals surface area contributed by atoms with E-state index in [-0.39, 0.29) is 65.4 Å². The minimum absolute atomic E-state index is 0. The van der Waals surface area contributed by atoms with Crippen LogP contribution >= 0.6 is 47.0 Å². The van der Waals surface area contributed by atoms with E-state index < -0.39 is 30.0 Å². The molecule has 19 heteroatoms. The Kier molecular flexibility index (Phi) is 16.3. The van der Waals surface area contributed by atoms with Crippen LogP contribution in [0.1, 0.15) is 12.6 Å². The number of rotatable bonds is 16. The van der Waals surface area contributed by atoms with Crippen LogP contribution in [0.4, 0.5) is 23.3 Å². The summed E-state index contributed by atoms with van der Waals surface area (Å²) in [5.41, 5.74) is 0.594. The zero-order valence-corrected chi connectivity index (χ0v) is 41.0. The van der Waals surface area contributed by atoms with Gasteiger partial charge in [-0.05, 0) is 83.9 Å². The third-order valence-corrected chi connectivity index (χ3v) is 14.3. The topological polar surface area (TPSA) is 184 Å². The predicted octanol–water partition coefficient (Wildman–Crippen LogP) is 9.14. The van der Waals surface area contributed by atoms with Gasteiger partial charge in [-0.15, -0.1) is 0 Å². The van der Waals surface area contributed by atoms with Crippen molar-refractivity contribution in [2.45, 2.75) is 49.5 Å². The van der Waals surface area contributed by atoms with Crippen LogP contribution in [0.15, 0.2) is 219 Å². The molecule has 0 saturated carbocycles. The Balaban J connectivity index is 0.00000360. The molecule has 8 aromatic rings. The monoisotopic (exact) mass is 982 g/mol.